The first-order valence-corrected chi connectivity index (χ1v) is 3.78. The van der Waals surface area contributed by atoms with Gasteiger partial charge in [-0.3, -0.25) is 4.68 Å². The van der Waals surface area contributed by atoms with Crippen molar-refractivity contribution in [2.75, 3.05) is 0 Å². The Morgan fingerprint density at radius 1 is 1.58 bits per heavy atom. The molecule has 0 saturated heterocycles. The fourth-order valence-electron chi connectivity index (χ4n) is 1.20. The maximum atomic E-state index is 8.98. The first-order chi connectivity index (χ1) is 5.70. The quantitative estimate of drug-likeness (QED) is 0.651. The summed E-state index contributed by atoms with van der Waals surface area (Å²) < 4.78 is 1.72. The van der Waals surface area contributed by atoms with Crippen LogP contribution in [-0.4, -0.2) is 14.9 Å². The van der Waals surface area contributed by atoms with E-state index in [-0.39, 0.29) is 6.61 Å². The fourth-order valence-corrected chi connectivity index (χ4v) is 1.20. The standard InChI is InChI=1S/C9H12N2O/c1-4-5-11-8(3)9(6-12)7(2)10-11/h1,12H,5-6H2,2-3H3. The van der Waals surface area contributed by atoms with Crippen LogP contribution in [-0.2, 0) is 13.2 Å². The van der Waals surface area contributed by atoms with Crippen LogP contribution in [0.1, 0.15) is 17.0 Å². The molecular formula is C9H12N2O. The van der Waals surface area contributed by atoms with Crippen LogP contribution < -0.4 is 0 Å². The Bertz CT molecular complexity index is 320. The number of aromatic nitrogens is 2. The van der Waals surface area contributed by atoms with Crippen LogP contribution in [0.5, 0.6) is 0 Å². The lowest BCUT2D eigenvalue weighted by molar-refractivity contribution is 0.280. The van der Waals surface area contributed by atoms with Crippen molar-refractivity contribution in [1.29, 1.82) is 0 Å². The van der Waals surface area contributed by atoms with Gasteiger partial charge in [0.1, 0.15) is 6.54 Å². The lowest BCUT2D eigenvalue weighted by Crippen LogP contribution is -2.00. The highest BCUT2D eigenvalue weighted by atomic mass is 16.3. The molecular weight excluding hydrogens is 152 g/mol. The number of nitrogens with zero attached hydrogens (tertiary/aromatic N) is 2. The van der Waals surface area contributed by atoms with Crippen molar-refractivity contribution in [3.63, 3.8) is 0 Å². The topological polar surface area (TPSA) is 38.0 Å². The van der Waals surface area contributed by atoms with Crippen molar-refractivity contribution in [2.24, 2.45) is 0 Å². The second-order valence-electron chi connectivity index (χ2n) is 2.67. The molecule has 1 N–H and O–H groups in total. The van der Waals surface area contributed by atoms with Crippen LogP contribution in [0.15, 0.2) is 0 Å². The Balaban J connectivity index is 3.10. The zero-order valence-electron chi connectivity index (χ0n) is 7.33. The summed E-state index contributed by atoms with van der Waals surface area (Å²) in [5.74, 6) is 2.51. The zero-order chi connectivity index (χ0) is 9.14. The summed E-state index contributed by atoms with van der Waals surface area (Å²) in [7, 11) is 0. The summed E-state index contributed by atoms with van der Waals surface area (Å²) in [6.07, 6.45) is 5.16. The number of aliphatic hydroxyl groups excluding tert-OH is 1. The molecule has 0 spiro atoms. The van der Waals surface area contributed by atoms with E-state index in [4.69, 9.17) is 11.5 Å². The molecule has 0 atom stereocenters. The molecule has 1 aromatic heterocycles. The van der Waals surface area contributed by atoms with E-state index < -0.39 is 0 Å². The molecule has 0 unspecified atom stereocenters. The zero-order valence-corrected chi connectivity index (χ0v) is 7.33. The molecule has 1 aromatic rings. The van der Waals surface area contributed by atoms with E-state index in [9.17, 15) is 0 Å². The van der Waals surface area contributed by atoms with E-state index >= 15 is 0 Å². The highest BCUT2D eigenvalue weighted by Gasteiger charge is 2.08. The molecule has 0 aliphatic rings. The van der Waals surface area contributed by atoms with Crippen molar-refractivity contribution >= 4 is 0 Å². The van der Waals surface area contributed by atoms with E-state index in [1.54, 1.807) is 4.68 Å². The van der Waals surface area contributed by atoms with Crippen LogP contribution in [0.3, 0.4) is 0 Å². The third-order valence-electron chi connectivity index (χ3n) is 1.93. The molecule has 0 saturated carbocycles. The van der Waals surface area contributed by atoms with Gasteiger partial charge in [0.15, 0.2) is 0 Å². The summed E-state index contributed by atoms with van der Waals surface area (Å²) in [5, 5.41) is 13.2. The minimum atomic E-state index is 0.0300. The average Bonchev–Trinajstić information content (AvgIpc) is 2.29. The van der Waals surface area contributed by atoms with Crippen molar-refractivity contribution < 1.29 is 5.11 Å². The Morgan fingerprint density at radius 2 is 2.25 bits per heavy atom. The maximum Gasteiger partial charge on any atom is 0.102 e. The van der Waals surface area contributed by atoms with Crippen molar-refractivity contribution in [3.8, 4) is 12.3 Å². The lowest BCUT2D eigenvalue weighted by Gasteiger charge is -1.98. The third-order valence-corrected chi connectivity index (χ3v) is 1.93. The van der Waals surface area contributed by atoms with Gasteiger partial charge in [-0.05, 0) is 13.8 Å². The van der Waals surface area contributed by atoms with Crippen molar-refractivity contribution in [2.45, 2.75) is 27.0 Å². The largest absolute Gasteiger partial charge is 0.392 e. The predicted molar refractivity (Wildman–Crippen MR) is 46.5 cm³/mol. The summed E-state index contributed by atoms with van der Waals surface area (Å²) in [6, 6.07) is 0. The second kappa shape index (κ2) is 3.42. The van der Waals surface area contributed by atoms with Gasteiger partial charge in [-0.2, -0.15) is 5.10 Å². The molecule has 3 nitrogen and oxygen atoms in total. The highest BCUT2D eigenvalue weighted by Crippen LogP contribution is 2.11. The SMILES string of the molecule is C#CCn1nc(C)c(CO)c1C. The first kappa shape index (κ1) is 8.82. The molecule has 0 aliphatic heterocycles. The molecule has 1 heterocycles. The Hall–Kier alpha value is -1.27. The second-order valence-corrected chi connectivity index (χ2v) is 2.67. The van der Waals surface area contributed by atoms with Crippen LogP contribution in [0.25, 0.3) is 0 Å². The third kappa shape index (κ3) is 1.34. The van der Waals surface area contributed by atoms with Gasteiger partial charge in [0, 0.05) is 11.3 Å². The van der Waals surface area contributed by atoms with Crippen LogP contribution >= 0.6 is 0 Å². The molecule has 0 amide bonds. The first-order valence-electron chi connectivity index (χ1n) is 3.78. The molecule has 1 rings (SSSR count). The number of terminal acetylenes is 1. The number of rotatable bonds is 2. The Kier molecular flexibility index (Phi) is 2.51. The Labute approximate surface area is 72.0 Å². The molecule has 3 heteroatoms. The van der Waals surface area contributed by atoms with Gasteiger partial charge < -0.3 is 5.11 Å². The van der Waals surface area contributed by atoms with Gasteiger partial charge in [-0.1, -0.05) is 5.92 Å². The van der Waals surface area contributed by atoms with Crippen molar-refractivity contribution in [1.82, 2.24) is 9.78 Å². The van der Waals surface area contributed by atoms with E-state index in [0.29, 0.717) is 6.54 Å². The molecule has 12 heavy (non-hydrogen) atoms. The number of hydrogen-bond acceptors (Lipinski definition) is 2. The van der Waals surface area contributed by atoms with E-state index in [2.05, 4.69) is 11.0 Å². The number of aryl methyl sites for hydroxylation is 1. The van der Waals surface area contributed by atoms with Gasteiger partial charge in [-0.25, -0.2) is 0 Å². The summed E-state index contributed by atoms with van der Waals surface area (Å²) >= 11 is 0. The van der Waals surface area contributed by atoms with Gasteiger partial charge >= 0.3 is 0 Å². The molecule has 0 aromatic carbocycles. The van der Waals surface area contributed by atoms with Gasteiger partial charge in [0.2, 0.25) is 0 Å². The normalized spacial score (nSPS) is 9.83. The average molecular weight is 164 g/mol. The predicted octanol–water partition coefficient (Wildman–Crippen LogP) is 0.625. The van der Waals surface area contributed by atoms with Gasteiger partial charge in [0.05, 0.1) is 12.3 Å². The molecule has 0 bridgehead atoms. The summed E-state index contributed by atoms with van der Waals surface area (Å²) in [5.41, 5.74) is 2.68. The van der Waals surface area contributed by atoms with Gasteiger partial charge in [0.25, 0.3) is 0 Å². The molecule has 64 valence electrons. The minimum absolute atomic E-state index is 0.0300. The van der Waals surface area contributed by atoms with E-state index in [1.807, 2.05) is 13.8 Å². The van der Waals surface area contributed by atoms with Crippen molar-refractivity contribution in [3.05, 3.63) is 17.0 Å². The minimum Gasteiger partial charge on any atom is -0.392 e. The Morgan fingerprint density at radius 3 is 2.67 bits per heavy atom. The summed E-state index contributed by atoms with van der Waals surface area (Å²) in [4.78, 5) is 0. The molecule has 0 radical (unpaired) electrons. The highest BCUT2D eigenvalue weighted by molar-refractivity contribution is 5.23. The smallest absolute Gasteiger partial charge is 0.102 e. The number of hydrogen-bond donors (Lipinski definition) is 1. The summed E-state index contributed by atoms with van der Waals surface area (Å²) in [6.45, 7) is 4.27. The maximum absolute atomic E-state index is 8.98. The monoisotopic (exact) mass is 164 g/mol. The molecule has 0 fully saturated rings. The van der Waals surface area contributed by atoms with E-state index in [1.165, 1.54) is 0 Å². The van der Waals surface area contributed by atoms with Crippen LogP contribution in [0.2, 0.25) is 0 Å². The van der Waals surface area contributed by atoms with Crippen LogP contribution in [0.4, 0.5) is 0 Å². The molecule has 0 aliphatic carbocycles. The number of aliphatic hydroxyl groups is 1. The fraction of sp³-hybridized carbons (Fsp3) is 0.444. The van der Waals surface area contributed by atoms with Crippen LogP contribution in [0, 0.1) is 26.2 Å². The van der Waals surface area contributed by atoms with E-state index in [0.717, 1.165) is 17.0 Å². The lowest BCUT2D eigenvalue weighted by atomic mass is 10.2. The van der Waals surface area contributed by atoms with Gasteiger partial charge in [-0.15, -0.1) is 6.42 Å².